The normalized spacial score (nSPS) is 23.0. The molecular formula is C15H21N3O2S. The number of nitrogens with zero attached hydrogens (tertiary/aromatic N) is 2. The summed E-state index contributed by atoms with van der Waals surface area (Å²) in [6.07, 6.45) is 3.99. The topological polar surface area (TPSA) is 87.2 Å². The predicted octanol–water partition coefficient (Wildman–Crippen LogP) is 1.70. The van der Waals surface area contributed by atoms with Gasteiger partial charge in [0.25, 0.3) is 0 Å². The molecule has 1 aromatic rings. The number of benzene rings is 1. The molecular weight excluding hydrogens is 286 g/mol. The van der Waals surface area contributed by atoms with Gasteiger partial charge in [-0.1, -0.05) is 12.8 Å². The van der Waals surface area contributed by atoms with Gasteiger partial charge in [-0.2, -0.15) is 9.57 Å². The second-order valence-corrected chi connectivity index (χ2v) is 7.50. The Bertz CT molecular complexity index is 619. The van der Waals surface area contributed by atoms with Gasteiger partial charge in [-0.25, -0.2) is 8.42 Å². The zero-order chi connectivity index (χ0) is 15.5. The van der Waals surface area contributed by atoms with E-state index >= 15 is 0 Å². The molecule has 2 N–H and O–H groups in total. The van der Waals surface area contributed by atoms with E-state index in [4.69, 9.17) is 11.0 Å². The lowest BCUT2D eigenvalue weighted by molar-refractivity contribution is 0.204. The summed E-state index contributed by atoms with van der Waals surface area (Å²) in [4.78, 5) is 0.227. The number of sulfonamides is 1. The zero-order valence-electron chi connectivity index (χ0n) is 12.2. The molecule has 0 aliphatic heterocycles. The van der Waals surface area contributed by atoms with Gasteiger partial charge in [-0.15, -0.1) is 0 Å². The molecule has 1 saturated carbocycles. The van der Waals surface area contributed by atoms with Gasteiger partial charge in [0, 0.05) is 13.1 Å². The Balaban J connectivity index is 2.26. The van der Waals surface area contributed by atoms with Crippen LogP contribution in [-0.4, -0.2) is 32.4 Å². The molecule has 2 unspecified atom stereocenters. The van der Waals surface area contributed by atoms with E-state index < -0.39 is 10.0 Å². The lowest BCUT2D eigenvalue weighted by Crippen LogP contribution is -2.45. The molecule has 0 heterocycles. The van der Waals surface area contributed by atoms with Crippen molar-refractivity contribution in [3.05, 3.63) is 29.8 Å². The van der Waals surface area contributed by atoms with E-state index in [-0.39, 0.29) is 16.9 Å². The fraction of sp³-hybridized carbons (Fsp3) is 0.533. The quantitative estimate of drug-likeness (QED) is 0.917. The number of nitriles is 1. The van der Waals surface area contributed by atoms with E-state index in [2.05, 4.69) is 0 Å². The minimum absolute atomic E-state index is 0.0376. The predicted molar refractivity (Wildman–Crippen MR) is 80.9 cm³/mol. The molecule has 114 valence electrons. The van der Waals surface area contributed by atoms with Crippen molar-refractivity contribution < 1.29 is 8.42 Å². The van der Waals surface area contributed by atoms with Gasteiger partial charge >= 0.3 is 0 Å². The van der Waals surface area contributed by atoms with E-state index in [0.717, 1.165) is 25.7 Å². The summed E-state index contributed by atoms with van der Waals surface area (Å²) in [5.74, 6) is 0.219. The molecule has 0 aromatic heterocycles. The molecule has 5 nitrogen and oxygen atoms in total. The highest BCUT2D eigenvalue weighted by Gasteiger charge is 2.34. The summed E-state index contributed by atoms with van der Waals surface area (Å²) in [5.41, 5.74) is 6.25. The number of hydrogen-bond donors (Lipinski definition) is 1. The first-order valence-corrected chi connectivity index (χ1v) is 8.63. The van der Waals surface area contributed by atoms with E-state index in [1.165, 1.54) is 28.6 Å². The lowest BCUT2D eigenvalue weighted by Gasteiger charge is -2.36. The molecule has 0 saturated heterocycles. The average molecular weight is 307 g/mol. The minimum Gasteiger partial charge on any atom is -0.330 e. The Labute approximate surface area is 126 Å². The van der Waals surface area contributed by atoms with Gasteiger partial charge in [-0.3, -0.25) is 0 Å². The Morgan fingerprint density at radius 1 is 1.29 bits per heavy atom. The highest BCUT2D eigenvalue weighted by molar-refractivity contribution is 7.89. The maximum atomic E-state index is 12.7. The van der Waals surface area contributed by atoms with Crippen LogP contribution >= 0.6 is 0 Å². The first-order chi connectivity index (χ1) is 10.0. The van der Waals surface area contributed by atoms with Crippen LogP contribution in [0, 0.1) is 17.2 Å². The van der Waals surface area contributed by atoms with Crippen molar-refractivity contribution in [1.82, 2.24) is 4.31 Å². The molecule has 1 aliphatic carbocycles. The molecule has 0 spiro atoms. The van der Waals surface area contributed by atoms with Crippen LogP contribution in [0.3, 0.4) is 0 Å². The van der Waals surface area contributed by atoms with Crippen LogP contribution in [0.5, 0.6) is 0 Å². The van der Waals surface area contributed by atoms with Crippen molar-refractivity contribution in [2.75, 3.05) is 13.6 Å². The van der Waals surface area contributed by atoms with Crippen LogP contribution in [0.1, 0.15) is 31.2 Å². The van der Waals surface area contributed by atoms with Crippen molar-refractivity contribution in [1.29, 1.82) is 5.26 Å². The first kappa shape index (κ1) is 16.0. The summed E-state index contributed by atoms with van der Waals surface area (Å²) in [6.45, 7) is 0.512. The summed E-state index contributed by atoms with van der Waals surface area (Å²) in [5, 5.41) is 8.79. The van der Waals surface area contributed by atoms with Gasteiger partial charge in [0.05, 0.1) is 16.5 Å². The summed E-state index contributed by atoms with van der Waals surface area (Å²) in [7, 11) is -1.91. The van der Waals surface area contributed by atoms with Crippen molar-refractivity contribution in [2.45, 2.75) is 36.6 Å². The Hall–Kier alpha value is -1.42. The van der Waals surface area contributed by atoms with Gasteiger partial charge in [0.2, 0.25) is 10.0 Å². The third-order valence-electron chi connectivity index (χ3n) is 4.30. The van der Waals surface area contributed by atoms with Gasteiger partial charge in [0.15, 0.2) is 0 Å². The molecule has 0 amide bonds. The van der Waals surface area contributed by atoms with E-state index in [1.54, 1.807) is 7.05 Å². The largest absolute Gasteiger partial charge is 0.330 e. The fourth-order valence-electron chi connectivity index (χ4n) is 2.99. The van der Waals surface area contributed by atoms with Gasteiger partial charge in [-0.05, 0) is 49.6 Å². The average Bonchev–Trinajstić information content (AvgIpc) is 2.54. The highest BCUT2D eigenvalue weighted by atomic mass is 32.2. The van der Waals surface area contributed by atoms with Crippen LogP contribution < -0.4 is 5.73 Å². The standard InChI is InChI=1S/C15H21N3O2S/c1-18(15-5-3-2-4-13(15)11-17)21(19,20)14-8-6-12(10-16)7-9-14/h6-9,13,15H,2-5,11,17H2,1H3. The maximum absolute atomic E-state index is 12.7. The molecule has 6 heteroatoms. The minimum atomic E-state index is -3.54. The molecule has 1 aliphatic rings. The molecule has 0 radical (unpaired) electrons. The van der Waals surface area contributed by atoms with Gasteiger partial charge < -0.3 is 5.73 Å². The SMILES string of the molecule is CN(C1CCCCC1CN)S(=O)(=O)c1ccc(C#N)cc1. The molecule has 1 fully saturated rings. The smallest absolute Gasteiger partial charge is 0.243 e. The number of hydrogen-bond acceptors (Lipinski definition) is 4. The summed E-state index contributed by atoms with van der Waals surface area (Å²) < 4.78 is 26.9. The Morgan fingerprint density at radius 3 is 2.48 bits per heavy atom. The number of rotatable bonds is 4. The molecule has 2 atom stereocenters. The van der Waals surface area contributed by atoms with Crippen LogP contribution in [0.15, 0.2) is 29.2 Å². The van der Waals surface area contributed by atoms with E-state index in [9.17, 15) is 8.42 Å². The van der Waals surface area contributed by atoms with Crippen molar-refractivity contribution in [2.24, 2.45) is 11.7 Å². The molecule has 1 aromatic carbocycles. The van der Waals surface area contributed by atoms with Crippen LogP contribution in [0.25, 0.3) is 0 Å². The first-order valence-electron chi connectivity index (χ1n) is 7.19. The fourth-order valence-corrected chi connectivity index (χ4v) is 4.43. The zero-order valence-corrected chi connectivity index (χ0v) is 13.0. The lowest BCUT2D eigenvalue weighted by atomic mass is 9.85. The molecule has 21 heavy (non-hydrogen) atoms. The Kier molecular flexibility index (Phi) is 4.99. The number of nitrogens with two attached hydrogens (primary N) is 1. The van der Waals surface area contributed by atoms with Crippen LogP contribution in [0.4, 0.5) is 0 Å². The third kappa shape index (κ3) is 3.26. The van der Waals surface area contributed by atoms with Crippen LogP contribution in [-0.2, 0) is 10.0 Å². The molecule has 0 bridgehead atoms. The summed E-state index contributed by atoms with van der Waals surface area (Å²) in [6, 6.07) is 7.99. The summed E-state index contributed by atoms with van der Waals surface area (Å²) >= 11 is 0. The van der Waals surface area contributed by atoms with E-state index in [0.29, 0.717) is 12.1 Å². The van der Waals surface area contributed by atoms with Gasteiger partial charge in [0.1, 0.15) is 0 Å². The highest BCUT2D eigenvalue weighted by Crippen LogP contribution is 2.30. The van der Waals surface area contributed by atoms with Crippen LogP contribution in [0.2, 0.25) is 0 Å². The second kappa shape index (κ2) is 6.56. The van der Waals surface area contributed by atoms with Crippen molar-refractivity contribution in [3.63, 3.8) is 0 Å². The Morgan fingerprint density at radius 2 is 1.90 bits per heavy atom. The molecule has 2 rings (SSSR count). The van der Waals surface area contributed by atoms with E-state index in [1.807, 2.05) is 6.07 Å². The monoisotopic (exact) mass is 307 g/mol. The second-order valence-electron chi connectivity index (χ2n) is 5.51. The maximum Gasteiger partial charge on any atom is 0.243 e. The van der Waals surface area contributed by atoms with Crippen molar-refractivity contribution >= 4 is 10.0 Å². The third-order valence-corrected chi connectivity index (χ3v) is 6.20. The van der Waals surface area contributed by atoms with Crippen molar-refractivity contribution in [3.8, 4) is 6.07 Å².